The van der Waals surface area contributed by atoms with E-state index in [0.29, 0.717) is 11.6 Å². The lowest BCUT2D eigenvalue weighted by atomic mass is 10.2. The largest absolute Gasteiger partial charge is 0.477 e. The van der Waals surface area contributed by atoms with Crippen LogP contribution in [0.4, 0.5) is 5.95 Å². The van der Waals surface area contributed by atoms with Crippen molar-refractivity contribution in [3.8, 4) is 0 Å². The number of hydrogen-bond acceptors (Lipinski definition) is 5. The predicted octanol–water partition coefficient (Wildman–Crippen LogP) is 2.72. The highest BCUT2D eigenvalue weighted by atomic mass is 32.1. The molecule has 18 heavy (non-hydrogen) atoms. The molecule has 0 aliphatic carbocycles. The van der Waals surface area contributed by atoms with Crippen molar-refractivity contribution in [2.75, 3.05) is 5.32 Å². The van der Waals surface area contributed by atoms with E-state index >= 15 is 0 Å². The van der Waals surface area contributed by atoms with Crippen LogP contribution in [0.15, 0.2) is 22.9 Å². The van der Waals surface area contributed by atoms with Gasteiger partial charge in [0, 0.05) is 5.69 Å². The first-order valence-electron chi connectivity index (χ1n) is 5.44. The van der Waals surface area contributed by atoms with Crippen LogP contribution in [-0.2, 0) is 0 Å². The van der Waals surface area contributed by atoms with Gasteiger partial charge in [0.1, 0.15) is 0 Å². The third kappa shape index (κ3) is 2.84. The van der Waals surface area contributed by atoms with Gasteiger partial charge in [0.25, 0.3) is 0 Å². The van der Waals surface area contributed by atoms with Crippen molar-refractivity contribution < 1.29 is 9.90 Å². The number of aromatic nitrogens is 2. The molecular weight excluding hydrogens is 250 g/mol. The third-order valence-corrected chi connectivity index (χ3v) is 3.16. The molecule has 0 spiro atoms. The number of thiophene rings is 1. The average Bonchev–Trinajstić information content (AvgIpc) is 2.81. The van der Waals surface area contributed by atoms with Crippen LogP contribution >= 0.6 is 11.3 Å². The van der Waals surface area contributed by atoms with E-state index in [1.165, 1.54) is 6.07 Å². The van der Waals surface area contributed by atoms with Gasteiger partial charge < -0.3 is 10.4 Å². The quantitative estimate of drug-likeness (QED) is 0.887. The standard InChI is InChI=1S/C12H13N3O2S/c1-7-5-10(11(16)17)15-12(13-7)14-8(2)9-3-4-18-6-9/h3-6,8H,1-2H3,(H,16,17)(H,13,14,15). The van der Waals surface area contributed by atoms with Gasteiger partial charge in [0.15, 0.2) is 5.69 Å². The van der Waals surface area contributed by atoms with Gasteiger partial charge in [-0.3, -0.25) is 0 Å². The third-order valence-electron chi connectivity index (χ3n) is 2.46. The van der Waals surface area contributed by atoms with Gasteiger partial charge in [-0.05, 0) is 42.3 Å². The van der Waals surface area contributed by atoms with E-state index < -0.39 is 5.97 Å². The number of carboxylic acid groups (broad SMARTS) is 1. The second-order valence-electron chi connectivity index (χ2n) is 3.95. The van der Waals surface area contributed by atoms with Gasteiger partial charge in [0.05, 0.1) is 6.04 Å². The Hall–Kier alpha value is -1.95. The van der Waals surface area contributed by atoms with Gasteiger partial charge in [0.2, 0.25) is 5.95 Å². The second kappa shape index (κ2) is 5.14. The Morgan fingerprint density at radius 3 is 2.89 bits per heavy atom. The molecule has 2 aromatic rings. The summed E-state index contributed by atoms with van der Waals surface area (Å²) in [5, 5.41) is 16.1. The summed E-state index contributed by atoms with van der Waals surface area (Å²) in [6, 6.07) is 3.50. The molecule has 0 bridgehead atoms. The molecule has 0 fully saturated rings. The van der Waals surface area contributed by atoms with Crippen molar-refractivity contribution in [2.45, 2.75) is 19.9 Å². The molecule has 0 aliphatic heterocycles. The second-order valence-corrected chi connectivity index (χ2v) is 4.73. The van der Waals surface area contributed by atoms with E-state index in [-0.39, 0.29) is 11.7 Å². The van der Waals surface area contributed by atoms with E-state index in [1.54, 1.807) is 18.3 Å². The summed E-state index contributed by atoms with van der Waals surface area (Å²) in [5.41, 5.74) is 1.76. The minimum atomic E-state index is -1.05. The maximum Gasteiger partial charge on any atom is 0.354 e. The smallest absolute Gasteiger partial charge is 0.354 e. The van der Waals surface area contributed by atoms with Crippen LogP contribution in [-0.4, -0.2) is 21.0 Å². The van der Waals surface area contributed by atoms with Gasteiger partial charge in [-0.1, -0.05) is 0 Å². The van der Waals surface area contributed by atoms with Crippen molar-refractivity contribution in [2.24, 2.45) is 0 Å². The maximum atomic E-state index is 10.9. The number of nitrogens with zero attached hydrogens (tertiary/aromatic N) is 2. The molecule has 1 unspecified atom stereocenters. The molecule has 0 amide bonds. The fraction of sp³-hybridized carbons (Fsp3) is 0.250. The number of nitrogens with one attached hydrogen (secondary N) is 1. The summed E-state index contributed by atoms with van der Waals surface area (Å²) in [6.45, 7) is 3.72. The van der Waals surface area contributed by atoms with Crippen molar-refractivity contribution in [1.82, 2.24) is 9.97 Å². The summed E-state index contributed by atoms with van der Waals surface area (Å²) < 4.78 is 0. The van der Waals surface area contributed by atoms with Crippen LogP contribution < -0.4 is 5.32 Å². The zero-order valence-electron chi connectivity index (χ0n) is 10.0. The zero-order chi connectivity index (χ0) is 13.1. The summed E-state index contributed by atoms with van der Waals surface area (Å²) in [4.78, 5) is 19.1. The molecular formula is C12H13N3O2S. The molecule has 5 nitrogen and oxygen atoms in total. The maximum absolute atomic E-state index is 10.9. The Kier molecular flexibility index (Phi) is 3.57. The topological polar surface area (TPSA) is 75.1 Å². The SMILES string of the molecule is Cc1cc(C(=O)O)nc(NC(C)c2ccsc2)n1. The number of hydrogen-bond donors (Lipinski definition) is 2. The van der Waals surface area contributed by atoms with E-state index in [4.69, 9.17) is 5.11 Å². The minimum absolute atomic E-state index is 0.00233. The molecule has 0 radical (unpaired) electrons. The number of carboxylic acids is 1. The number of carbonyl (C=O) groups is 1. The van der Waals surface area contributed by atoms with Crippen LogP contribution in [0.1, 0.15) is 34.7 Å². The Labute approximate surface area is 109 Å². The molecule has 2 aromatic heterocycles. The first-order valence-corrected chi connectivity index (χ1v) is 6.38. The molecule has 6 heteroatoms. The molecule has 94 valence electrons. The fourth-order valence-electron chi connectivity index (χ4n) is 1.54. The molecule has 0 aliphatic rings. The van der Waals surface area contributed by atoms with Crippen molar-refractivity contribution in [3.63, 3.8) is 0 Å². The van der Waals surface area contributed by atoms with E-state index in [9.17, 15) is 4.79 Å². The summed E-state index contributed by atoms with van der Waals surface area (Å²) in [6.07, 6.45) is 0. The average molecular weight is 263 g/mol. The molecule has 1 atom stereocenters. The molecule has 2 rings (SSSR count). The van der Waals surface area contributed by atoms with Crippen molar-refractivity contribution in [3.05, 3.63) is 39.8 Å². The van der Waals surface area contributed by atoms with Crippen molar-refractivity contribution in [1.29, 1.82) is 0 Å². The van der Waals surface area contributed by atoms with Gasteiger partial charge in [-0.15, -0.1) is 0 Å². The van der Waals surface area contributed by atoms with Gasteiger partial charge in [-0.25, -0.2) is 14.8 Å². The fourth-order valence-corrected chi connectivity index (χ4v) is 2.30. The molecule has 2 N–H and O–H groups in total. The number of anilines is 1. The number of aryl methyl sites for hydroxylation is 1. The van der Waals surface area contributed by atoms with Gasteiger partial charge >= 0.3 is 5.97 Å². The van der Waals surface area contributed by atoms with Gasteiger partial charge in [-0.2, -0.15) is 11.3 Å². The van der Waals surface area contributed by atoms with Crippen LogP contribution in [0, 0.1) is 6.92 Å². The molecule has 0 saturated carbocycles. The molecule has 2 heterocycles. The Morgan fingerprint density at radius 2 is 2.28 bits per heavy atom. The summed E-state index contributed by atoms with van der Waals surface area (Å²) in [7, 11) is 0. The normalized spacial score (nSPS) is 12.1. The molecule has 0 aromatic carbocycles. The highest BCUT2D eigenvalue weighted by Crippen LogP contribution is 2.19. The first kappa shape index (κ1) is 12.5. The lowest BCUT2D eigenvalue weighted by Gasteiger charge is -2.13. The minimum Gasteiger partial charge on any atom is -0.477 e. The van der Waals surface area contributed by atoms with Crippen molar-refractivity contribution >= 4 is 23.3 Å². The lowest BCUT2D eigenvalue weighted by molar-refractivity contribution is 0.0690. The Bertz CT molecular complexity index is 554. The van der Waals surface area contributed by atoms with Crippen LogP contribution in [0.25, 0.3) is 0 Å². The summed E-state index contributed by atoms with van der Waals surface area (Å²) >= 11 is 1.61. The van der Waals surface area contributed by atoms with Crippen LogP contribution in [0.5, 0.6) is 0 Å². The van der Waals surface area contributed by atoms with Crippen LogP contribution in [0.3, 0.4) is 0 Å². The molecule has 0 saturated heterocycles. The highest BCUT2D eigenvalue weighted by Gasteiger charge is 2.11. The van der Waals surface area contributed by atoms with E-state index in [2.05, 4.69) is 15.3 Å². The Morgan fingerprint density at radius 1 is 1.50 bits per heavy atom. The number of aromatic carboxylic acids is 1. The highest BCUT2D eigenvalue weighted by molar-refractivity contribution is 7.07. The van der Waals surface area contributed by atoms with Crippen LogP contribution in [0.2, 0.25) is 0 Å². The van der Waals surface area contributed by atoms with E-state index in [0.717, 1.165) is 5.56 Å². The number of rotatable bonds is 4. The first-order chi connectivity index (χ1) is 8.56. The Balaban J connectivity index is 2.21. The van der Waals surface area contributed by atoms with E-state index in [1.807, 2.05) is 23.8 Å². The monoisotopic (exact) mass is 263 g/mol. The predicted molar refractivity (Wildman–Crippen MR) is 70.1 cm³/mol. The zero-order valence-corrected chi connectivity index (χ0v) is 10.9. The lowest BCUT2D eigenvalue weighted by Crippen LogP contribution is -2.12. The summed E-state index contributed by atoms with van der Waals surface area (Å²) in [5.74, 6) is -0.710.